The first-order chi connectivity index (χ1) is 10.4. The van der Waals surface area contributed by atoms with Crippen LogP contribution in [-0.2, 0) is 15.2 Å². The topological polar surface area (TPSA) is 76.9 Å². The van der Waals surface area contributed by atoms with Crippen LogP contribution in [0.3, 0.4) is 0 Å². The van der Waals surface area contributed by atoms with Gasteiger partial charge in [0, 0.05) is 17.7 Å². The van der Waals surface area contributed by atoms with Gasteiger partial charge in [0.2, 0.25) is 5.95 Å². The van der Waals surface area contributed by atoms with Crippen molar-refractivity contribution < 1.29 is 21.6 Å². The monoisotopic (exact) mass is 368 g/mol. The van der Waals surface area contributed by atoms with E-state index in [2.05, 4.69) is 15.4 Å². The van der Waals surface area contributed by atoms with Gasteiger partial charge < -0.3 is 5.32 Å². The third kappa shape index (κ3) is 3.42. The van der Waals surface area contributed by atoms with Crippen LogP contribution in [0.15, 0.2) is 17.0 Å². The second-order valence-electron chi connectivity index (χ2n) is 4.76. The van der Waals surface area contributed by atoms with Gasteiger partial charge in [-0.1, -0.05) is 6.07 Å². The van der Waals surface area contributed by atoms with Crippen LogP contribution in [-0.4, -0.2) is 30.2 Å². The van der Waals surface area contributed by atoms with Crippen molar-refractivity contribution in [1.29, 1.82) is 0 Å². The van der Waals surface area contributed by atoms with Crippen molar-refractivity contribution in [2.75, 3.05) is 12.4 Å². The van der Waals surface area contributed by atoms with Crippen LogP contribution < -0.4 is 5.32 Å². The zero-order valence-electron chi connectivity index (χ0n) is 12.2. The zero-order valence-corrected chi connectivity index (χ0v) is 13.8. The summed E-state index contributed by atoms with van der Waals surface area (Å²) in [6, 6.07) is 2.67. The summed E-state index contributed by atoms with van der Waals surface area (Å²) < 4.78 is 62.4. The van der Waals surface area contributed by atoms with Crippen molar-refractivity contribution >= 4 is 25.7 Å². The molecule has 0 saturated heterocycles. The van der Waals surface area contributed by atoms with Crippen molar-refractivity contribution in [2.45, 2.75) is 24.9 Å². The van der Waals surface area contributed by atoms with Crippen LogP contribution in [0.25, 0.3) is 5.69 Å². The van der Waals surface area contributed by atoms with Crippen molar-refractivity contribution in [3.05, 3.63) is 29.1 Å². The summed E-state index contributed by atoms with van der Waals surface area (Å²) in [6.07, 6.45) is -4.73. The molecule has 0 saturated carbocycles. The Morgan fingerprint density at radius 1 is 1.22 bits per heavy atom. The van der Waals surface area contributed by atoms with Gasteiger partial charge >= 0.3 is 6.18 Å². The fraction of sp³-hybridized carbons (Fsp3) is 0.333. The molecule has 1 aromatic carbocycles. The molecule has 0 unspecified atom stereocenters. The van der Waals surface area contributed by atoms with Gasteiger partial charge in [-0.05, 0) is 31.0 Å². The third-order valence-corrected chi connectivity index (χ3v) is 4.53. The van der Waals surface area contributed by atoms with E-state index in [9.17, 15) is 21.6 Å². The Labute approximate surface area is 134 Å². The Kier molecular flexibility index (Phi) is 4.33. The number of aromatic nitrogens is 3. The van der Waals surface area contributed by atoms with E-state index in [0.29, 0.717) is 11.1 Å². The molecule has 11 heteroatoms. The minimum atomic E-state index is -4.73. The van der Waals surface area contributed by atoms with Crippen molar-refractivity contribution in [1.82, 2.24) is 14.8 Å². The van der Waals surface area contributed by atoms with Crippen LogP contribution in [0, 0.1) is 13.8 Å². The normalized spacial score (nSPS) is 12.5. The number of hydrogen-bond acceptors (Lipinski definition) is 5. The van der Waals surface area contributed by atoms with Gasteiger partial charge in [0.05, 0.1) is 10.6 Å². The maximum atomic E-state index is 12.8. The Bertz CT molecular complexity index is 862. The molecule has 0 amide bonds. The lowest BCUT2D eigenvalue weighted by atomic mass is 10.1. The van der Waals surface area contributed by atoms with Crippen molar-refractivity contribution in [2.24, 2.45) is 0 Å². The van der Waals surface area contributed by atoms with Gasteiger partial charge in [-0.3, -0.25) is 0 Å². The number of alkyl halides is 3. The molecular formula is C12H12ClF3N4O2S. The SMILES string of the molecule is CNc1nc(C(F)(F)F)nn1-c1cc(S(=O)(=O)Cl)c(C)cc1C. The zero-order chi connectivity index (χ0) is 17.6. The predicted octanol–water partition coefficient (Wildman–Crippen LogP) is 2.87. The summed E-state index contributed by atoms with van der Waals surface area (Å²) in [5.74, 6) is -1.51. The molecule has 23 heavy (non-hydrogen) atoms. The van der Waals surface area contributed by atoms with E-state index < -0.39 is 21.1 Å². The Hall–Kier alpha value is -1.81. The molecule has 6 nitrogen and oxygen atoms in total. The van der Waals surface area contributed by atoms with E-state index >= 15 is 0 Å². The molecular weight excluding hydrogens is 357 g/mol. The van der Waals surface area contributed by atoms with Gasteiger partial charge in [0.15, 0.2) is 0 Å². The van der Waals surface area contributed by atoms with Gasteiger partial charge in [-0.25, -0.2) is 8.42 Å². The third-order valence-electron chi connectivity index (χ3n) is 3.07. The number of anilines is 1. The summed E-state index contributed by atoms with van der Waals surface area (Å²) in [4.78, 5) is 3.16. The van der Waals surface area contributed by atoms with E-state index in [0.717, 1.165) is 4.68 Å². The van der Waals surface area contributed by atoms with Crippen LogP contribution in [0.1, 0.15) is 17.0 Å². The number of nitrogens with one attached hydrogen (secondary N) is 1. The highest BCUT2D eigenvalue weighted by molar-refractivity contribution is 8.13. The Balaban J connectivity index is 2.74. The Morgan fingerprint density at radius 2 is 1.83 bits per heavy atom. The molecule has 0 atom stereocenters. The minimum Gasteiger partial charge on any atom is -0.357 e. The highest BCUT2D eigenvalue weighted by atomic mass is 35.7. The minimum absolute atomic E-state index is 0.127. The molecule has 2 rings (SSSR count). The maximum Gasteiger partial charge on any atom is 0.453 e. The molecule has 0 fully saturated rings. The van der Waals surface area contributed by atoms with Crippen LogP contribution in [0.2, 0.25) is 0 Å². The second-order valence-corrected chi connectivity index (χ2v) is 7.29. The molecule has 0 spiro atoms. The molecule has 1 aromatic heterocycles. The van der Waals surface area contributed by atoms with Crippen LogP contribution in [0.5, 0.6) is 0 Å². The quantitative estimate of drug-likeness (QED) is 0.843. The first-order valence-electron chi connectivity index (χ1n) is 6.23. The number of aryl methyl sites for hydroxylation is 2. The van der Waals surface area contributed by atoms with Gasteiger partial charge in [0.25, 0.3) is 14.9 Å². The highest BCUT2D eigenvalue weighted by Crippen LogP contribution is 2.31. The van der Waals surface area contributed by atoms with E-state index in [1.165, 1.54) is 26.1 Å². The van der Waals surface area contributed by atoms with E-state index in [4.69, 9.17) is 10.7 Å². The van der Waals surface area contributed by atoms with Gasteiger partial charge in [-0.15, -0.1) is 5.10 Å². The summed E-state index contributed by atoms with van der Waals surface area (Å²) in [5, 5.41) is 5.91. The molecule has 2 aromatic rings. The lowest BCUT2D eigenvalue weighted by molar-refractivity contribution is -0.144. The van der Waals surface area contributed by atoms with E-state index in [-0.39, 0.29) is 16.5 Å². The lowest BCUT2D eigenvalue weighted by Crippen LogP contribution is -2.10. The second kappa shape index (κ2) is 5.68. The van der Waals surface area contributed by atoms with E-state index in [1.807, 2.05) is 0 Å². The smallest absolute Gasteiger partial charge is 0.357 e. The number of benzene rings is 1. The number of rotatable bonds is 3. The molecule has 0 bridgehead atoms. The summed E-state index contributed by atoms with van der Waals surface area (Å²) in [7, 11) is 2.68. The number of halogens is 4. The van der Waals surface area contributed by atoms with E-state index in [1.54, 1.807) is 6.92 Å². The average Bonchev–Trinajstić information content (AvgIpc) is 2.81. The molecule has 126 valence electrons. The van der Waals surface area contributed by atoms with Crippen molar-refractivity contribution in [3.8, 4) is 5.69 Å². The average molecular weight is 369 g/mol. The molecule has 1 heterocycles. The molecule has 0 aliphatic heterocycles. The number of hydrogen-bond donors (Lipinski definition) is 1. The largest absolute Gasteiger partial charge is 0.453 e. The highest BCUT2D eigenvalue weighted by Gasteiger charge is 2.37. The van der Waals surface area contributed by atoms with Crippen LogP contribution in [0.4, 0.5) is 19.1 Å². The Morgan fingerprint density at radius 3 is 2.30 bits per heavy atom. The molecule has 0 aliphatic rings. The summed E-state index contributed by atoms with van der Waals surface area (Å²) in [5.41, 5.74) is 1.02. The predicted molar refractivity (Wildman–Crippen MR) is 78.4 cm³/mol. The first-order valence-corrected chi connectivity index (χ1v) is 8.54. The molecule has 0 radical (unpaired) electrons. The molecule has 1 N–H and O–H groups in total. The first kappa shape index (κ1) is 17.5. The fourth-order valence-corrected chi connectivity index (χ4v) is 3.27. The summed E-state index contributed by atoms with van der Waals surface area (Å²) >= 11 is 0. The summed E-state index contributed by atoms with van der Waals surface area (Å²) in [6.45, 7) is 3.15. The lowest BCUT2D eigenvalue weighted by Gasteiger charge is -2.12. The fourth-order valence-electron chi connectivity index (χ4n) is 2.07. The van der Waals surface area contributed by atoms with Crippen LogP contribution >= 0.6 is 10.7 Å². The standard InChI is InChI=1S/C12H12ClF3N4O2S/c1-6-4-7(2)9(23(13,21)22)5-8(6)20-11(17-3)18-10(19-20)12(14,15)16/h4-5H,1-3H3,(H,17,18,19). The van der Waals surface area contributed by atoms with Gasteiger partial charge in [0.1, 0.15) is 0 Å². The molecule has 0 aliphatic carbocycles. The number of nitrogens with zero attached hydrogens (tertiary/aromatic N) is 3. The van der Waals surface area contributed by atoms with Gasteiger partial charge in [-0.2, -0.15) is 22.8 Å². The van der Waals surface area contributed by atoms with Crippen molar-refractivity contribution in [3.63, 3.8) is 0 Å². The maximum absolute atomic E-state index is 12.8.